The lowest BCUT2D eigenvalue weighted by atomic mass is 10.1. The molecule has 130 valence electrons. The quantitative estimate of drug-likeness (QED) is 0.471. The Labute approximate surface area is 154 Å². The Morgan fingerprint density at radius 2 is 2.12 bits per heavy atom. The number of esters is 1. The Morgan fingerprint density at radius 3 is 2.72 bits per heavy atom. The van der Waals surface area contributed by atoms with Crippen molar-refractivity contribution in [3.63, 3.8) is 0 Å². The van der Waals surface area contributed by atoms with Crippen LogP contribution in [0.3, 0.4) is 0 Å². The molecule has 0 aliphatic rings. The van der Waals surface area contributed by atoms with Crippen molar-refractivity contribution in [3.8, 4) is 17.3 Å². The number of benzene rings is 1. The molecule has 2 aromatic rings. The number of halogens is 1. The molecule has 0 fully saturated rings. The summed E-state index contributed by atoms with van der Waals surface area (Å²) in [5.41, 5.74) is 0.196. The van der Waals surface area contributed by atoms with Gasteiger partial charge in [-0.1, -0.05) is 42.4 Å². The molecule has 1 aromatic heterocycles. The van der Waals surface area contributed by atoms with Gasteiger partial charge in [0.15, 0.2) is 5.16 Å². The first-order valence-corrected chi connectivity index (χ1v) is 8.85. The average Bonchev–Trinajstić information content (AvgIpc) is 2.59. The maximum atomic E-state index is 12.2. The van der Waals surface area contributed by atoms with E-state index in [9.17, 15) is 14.9 Å². The molecule has 1 N–H and O–H groups in total. The summed E-state index contributed by atoms with van der Waals surface area (Å²) >= 11 is 6.94. The van der Waals surface area contributed by atoms with Gasteiger partial charge in [-0.25, -0.2) is 4.98 Å². The maximum Gasteiger partial charge on any atom is 0.319 e. The predicted molar refractivity (Wildman–Crippen MR) is 96.6 cm³/mol. The Hall–Kier alpha value is -2.30. The summed E-state index contributed by atoms with van der Waals surface area (Å²) < 4.78 is 5.08. The van der Waals surface area contributed by atoms with Crippen LogP contribution in [-0.2, 0) is 9.53 Å². The third-order valence-corrected chi connectivity index (χ3v) is 4.41. The molecule has 0 saturated heterocycles. The highest BCUT2D eigenvalue weighted by Gasteiger charge is 2.20. The predicted octanol–water partition coefficient (Wildman–Crippen LogP) is 3.40. The van der Waals surface area contributed by atoms with Crippen LogP contribution in [0.4, 0.5) is 0 Å². The van der Waals surface area contributed by atoms with E-state index in [0.29, 0.717) is 17.2 Å². The number of aromatic amines is 1. The van der Waals surface area contributed by atoms with Crippen molar-refractivity contribution in [2.24, 2.45) is 0 Å². The van der Waals surface area contributed by atoms with Gasteiger partial charge in [0.1, 0.15) is 16.9 Å². The highest BCUT2D eigenvalue weighted by atomic mass is 35.5. The van der Waals surface area contributed by atoms with Crippen molar-refractivity contribution in [1.82, 2.24) is 9.97 Å². The lowest BCUT2D eigenvalue weighted by Crippen LogP contribution is -2.20. The maximum absolute atomic E-state index is 12.2. The molecule has 2 rings (SSSR count). The normalized spacial score (nSPS) is 11.6. The number of nitriles is 1. The fourth-order valence-corrected chi connectivity index (χ4v) is 2.89. The number of nitrogens with zero attached hydrogens (tertiary/aromatic N) is 2. The van der Waals surface area contributed by atoms with Gasteiger partial charge in [-0.15, -0.1) is 0 Å². The van der Waals surface area contributed by atoms with E-state index >= 15 is 0 Å². The van der Waals surface area contributed by atoms with Crippen LogP contribution in [0.15, 0.2) is 34.2 Å². The summed E-state index contributed by atoms with van der Waals surface area (Å²) in [6, 6.07) is 8.53. The van der Waals surface area contributed by atoms with Crippen LogP contribution in [0, 0.1) is 11.3 Å². The Kier molecular flexibility index (Phi) is 6.62. The van der Waals surface area contributed by atoms with E-state index in [1.165, 1.54) is 0 Å². The monoisotopic (exact) mass is 377 g/mol. The van der Waals surface area contributed by atoms with Crippen LogP contribution in [0.2, 0.25) is 5.02 Å². The number of carbonyl (C=O) groups is 1. The Bertz CT molecular complexity index is 859. The molecule has 1 atom stereocenters. The minimum atomic E-state index is -0.556. The number of hydrogen-bond donors (Lipinski definition) is 1. The standard InChI is InChI=1S/C17H16ClN3O3S/c1-3-8-24-16(23)10(2)25-17-20-14(13(9-19)15(22)21-17)11-4-6-12(18)7-5-11/h4-7,10H,3,8H2,1-2H3,(H,20,21,22)/t10-/m0/s1. The first kappa shape index (κ1) is 19.0. The minimum absolute atomic E-state index is 0.0899. The largest absolute Gasteiger partial charge is 0.465 e. The molecule has 25 heavy (non-hydrogen) atoms. The topological polar surface area (TPSA) is 95.8 Å². The van der Waals surface area contributed by atoms with E-state index in [2.05, 4.69) is 9.97 Å². The van der Waals surface area contributed by atoms with Gasteiger partial charge in [0, 0.05) is 10.6 Å². The molecule has 0 unspecified atom stereocenters. The number of H-pyrrole nitrogens is 1. The Morgan fingerprint density at radius 1 is 1.44 bits per heavy atom. The van der Waals surface area contributed by atoms with Crippen LogP contribution >= 0.6 is 23.4 Å². The van der Waals surface area contributed by atoms with Crippen molar-refractivity contribution >= 4 is 29.3 Å². The minimum Gasteiger partial charge on any atom is -0.465 e. The number of carbonyl (C=O) groups excluding carboxylic acids is 1. The molecule has 1 heterocycles. The molecule has 0 amide bonds. The van der Waals surface area contributed by atoms with E-state index in [0.717, 1.165) is 18.2 Å². The molecule has 8 heteroatoms. The molecule has 0 spiro atoms. The smallest absolute Gasteiger partial charge is 0.319 e. The van der Waals surface area contributed by atoms with E-state index in [1.807, 2.05) is 13.0 Å². The lowest BCUT2D eigenvalue weighted by molar-refractivity contribution is -0.142. The van der Waals surface area contributed by atoms with Gasteiger partial charge < -0.3 is 9.72 Å². The molecule has 6 nitrogen and oxygen atoms in total. The third kappa shape index (κ3) is 4.84. The molecular weight excluding hydrogens is 362 g/mol. The van der Waals surface area contributed by atoms with Gasteiger partial charge in [-0.3, -0.25) is 9.59 Å². The number of hydrogen-bond acceptors (Lipinski definition) is 6. The molecule has 0 aliphatic carbocycles. The third-order valence-electron chi connectivity index (χ3n) is 3.20. The van der Waals surface area contributed by atoms with E-state index in [4.69, 9.17) is 16.3 Å². The second kappa shape index (κ2) is 8.70. The van der Waals surface area contributed by atoms with Crippen LogP contribution in [0.1, 0.15) is 25.8 Å². The fraction of sp³-hybridized carbons (Fsp3) is 0.294. The summed E-state index contributed by atoms with van der Waals surface area (Å²) in [5.74, 6) is -0.382. The van der Waals surface area contributed by atoms with Crippen LogP contribution in [0.25, 0.3) is 11.3 Å². The SMILES string of the molecule is CCCOC(=O)[C@H](C)Sc1nc(-c2ccc(Cl)cc2)c(C#N)c(=O)[nH]1. The summed E-state index contributed by atoms with van der Waals surface area (Å²) in [7, 11) is 0. The van der Waals surface area contributed by atoms with Crippen molar-refractivity contribution < 1.29 is 9.53 Å². The lowest BCUT2D eigenvalue weighted by Gasteiger charge is -2.11. The zero-order chi connectivity index (χ0) is 18.4. The Balaban J connectivity index is 2.35. The second-order valence-corrected chi connectivity index (χ2v) is 6.91. The molecule has 0 saturated carbocycles. The van der Waals surface area contributed by atoms with Gasteiger partial charge in [0.2, 0.25) is 0 Å². The van der Waals surface area contributed by atoms with E-state index < -0.39 is 10.8 Å². The second-order valence-electron chi connectivity index (χ2n) is 5.14. The number of nitrogens with one attached hydrogen (secondary N) is 1. The molecule has 0 bridgehead atoms. The van der Waals surface area contributed by atoms with Crippen LogP contribution < -0.4 is 5.56 Å². The number of ether oxygens (including phenoxy) is 1. The summed E-state index contributed by atoms with van der Waals surface area (Å²) in [5, 5.41) is 9.50. The van der Waals surface area contributed by atoms with Crippen LogP contribution in [0.5, 0.6) is 0 Å². The zero-order valence-corrected chi connectivity index (χ0v) is 15.3. The number of aromatic nitrogens is 2. The van der Waals surface area contributed by atoms with Gasteiger partial charge in [-0.2, -0.15) is 5.26 Å². The molecular formula is C17H16ClN3O3S. The molecule has 1 aromatic carbocycles. The average molecular weight is 378 g/mol. The highest BCUT2D eigenvalue weighted by molar-refractivity contribution is 8.00. The highest BCUT2D eigenvalue weighted by Crippen LogP contribution is 2.25. The van der Waals surface area contributed by atoms with Gasteiger partial charge >= 0.3 is 5.97 Å². The van der Waals surface area contributed by atoms with E-state index in [1.54, 1.807) is 31.2 Å². The summed E-state index contributed by atoms with van der Waals surface area (Å²) in [6.07, 6.45) is 0.732. The van der Waals surface area contributed by atoms with Crippen molar-refractivity contribution in [1.29, 1.82) is 5.26 Å². The fourth-order valence-electron chi connectivity index (χ4n) is 1.96. The van der Waals surface area contributed by atoms with Crippen molar-refractivity contribution in [2.45, 2.75) is 30.7 Å². The van der Waals surface area contributed by atoms with Crippen molar-refractivity contribution in [2.75, 3.05) is 6.61 Å². The number of thioether (sulfide) groups is 1. The van der Waals surface area contributed by atoms with Gasteiger partial charge in [0.25, 0.3) is 5.56 Å². The van der Waals surface area contributed by atoms with Crippen LogP contribution in [-0.4, -0.2) is 27.8 Å². The van der Waals surface area contributed by atoms with Gasteiger partial charge in [-0.05, 0) is 25.5 Å². The summed E-state index contributed by atoms with van der Waals surface area (Å²) in [6.45, 7) is 3.92. The molecule has 0 aliphatic heterocycles. The van der Waals surface area contributed by atoms with Gasteiger partial charge in [0.05, 0.1) is 12.3 Å². The number of rotatable bonds is 6. The zero-order valence-electron chi connectivity index (χ0n) is 13.7. The summed E-state index contributed by atoms with van der Waals surface area (Å²) in [4.78, 5) is 30.9. The first-order chi connectivity index (χ1) is 12.0. The first-order valence-electron chi connectivity index (χ1n) is 7.60. The van der Waals surface area contributed by atoms with E-state index in [-0.39, 0.29) is 22.4 Å². The molecule has 0 radical (unpaired) electrons. The van der Waals surface area contributed by atoms with Crippen molar-refractivity contribution in [3.05, 3.63) is 45.2 Å².